The molecule has 1 aromatic carbocycles. The predicted molar refractivity (Wildman–Crippen MR) is 78.7 cm³/mol. The lowest BCUT2D eigenvalue weighted by molar-refractivity contribution is 0.701. The first-order valence-corrected chi connectivity index (χ1v) is 6.82. The number of aromatic nitrogens is 1. The lowest BCUT2D eigenvalue weighted by Gasteiger charge is -2.12. The number of benzene rings is 1. The maximum atomic E-state index is 11.9. The van der Waals surface area contributed by atoms with Crippen LogP contribution in [0.25, 0.3) is 10.9 Å². The van der Waals surface area contributed by atoms with Crippen molar-refractivity contribution in [1.29, 1.82) is 0 Å². The first kappa shape index (κ1) is 12.2. The Balaban J connectivity index is 1.81. The average molecular weight is 257 g/mol. The molecule has 0 bridgehead atoms. The highest BCUT2D eigenvalue weighted by Crippen LogP contribution is 2.21. The minimum Gasteiger partial charge on any atom is -0.383 e. The summed E-state index contributed by atoms with van der Waals surface area (Å²) >= 11 is 0. The standard InChI is InChI=1S/C15H19N3O/c1-18-14-5-3-2-4-12(14)13(10-15(18)19)17-9-8-16-11-6-7-11/h2-5,10-11,16-17H,6-9H2,1H3. The van der Waals surface area contributed by atoms with Gasteiger partial charge in [0.1, 0.15) is 0 Å². The van der Waals surface area contributed by atoms with Gasteiger partial charge in [-0.3, -0.25) is 4.79 Å². The van der Waals surface area contributed by atoms with Gasteiger partial charge in [-0.05, 0) is 18.9 Å². The molecule has 19 heavy (non-hydrogen) atoms. The summed E-state index contributed by atoms with van der Waals surface area (Å²) in [6.45, 7) is 1.78. The van der Waals surface area contributed by atoms with Crippen LogP contribution in [0.3, 0.4) is 0 Å². The van der Waals surface area contributed by atoms with Crippen molar-refractivity contribution in [1.82, 2.24) is 9.88 Å². The number of fused-ring (bicyclic) bond motifs is 1. The molecule has 1 aromatic heterocycles. The fraction of sp³-hybridized carbons (Fsp3) is 0.400. The smallest absolute Gasteiger partial charge is 0.252 e. The molecule has 0 amide bonds. The summed E-state index contributed by atoms with van der Waals surface area (Å²) in [6.07, 6.45) is 2.60. The van der Waals surface area contributed by atoms with Crippen LogP contribution >= 0.6 is 0 Å². The number of aryl methyl sites for hydroxylation is 1. The number of rotatable bonds is 5. The van der Waals surface area contributed by atoms with Gasteiger partial charge in [0.15, 0.2) is 0 Å². The molecular formula is C15H19N3O. The van der Waals surface area contributed by atoms with Crippen LogP contribution < -0.4 is 16.2 Å². The summed E-state index contributed by atoms with van der Waals surface area (Å²) < 4.78 is 1.68. The third kappa shape index (κ3) is 2.63. The summed E-state index contributed by atoms with van der Waals surface area (Å²) in [5.41, 5.74) is 1.92. The summed E-state index contributed by atoms with van der Waals surface area (Å²) in [5, 5.41) is 7.91. The number of hydrogen-bond acceptors (Lipinski definition) is 3. The van der Waals surface area contributed by atoms with Gasteiger partial charge in [0.2, 0.25) is 0 Å². The van der Waals surface area contributed by atoms with Gasteiger partial charge in [-0.25, -0.2) is 0 Å². The fourth-order valence-electron chi connectivity index (χ4n) is 2.32. The van der Waals surface area contributed by atoms with Crippen molar-refractivity contribution in [3.8, 4) is 0 Å². The lowest BCUT2D eigenvalue weighted by atomic mass is 10.2. The van der Waals surface area contributed by atoms with E-state index in [9.17, 15) is 4.79 Å². The molecule has 0 saturated heterocycles. The summed E-state index contributed by atoms with van der Waals surface area (Å²) in [5.74, 6) is 0. The minimum absolute atomic E-state index is 0.0244. The second-order valence-corrected chi connectivity index (χ2v) is 5.13. The van der Waals surface area contributed by atoms with Gasteiger partial charge in [0.05, 0.1) is 5.52 Å². The quantitative estimate of drug-likeness (QED) is 0.801. The first-order valence-electron chi connectivity index (χ1n) is 6.82. The zero-order valence-electron chi connectivity index (χ0n) is 11.1. The molecule has 100 valence electrons. The molecule has 0 spiro atoms. The van der Waals surface area contributed by atoms with Crippen LogP contribution in [-0.4, -0.2) is 23.7 Å². The first-order chi connectivity index (χ1) is 9.25. The fourth-order valence-corrected chi connectivity index (χ4v) is 2.32. The largest absolute Gasteiger partial charge is 0.383 e. The highest BCUT2D eigenvalue weighted by atomic mass is 16.1. The molecule has 4 nitrogen and oxygen atoms in total. The monoisotopic (exact) mass is 257 g/mol. The number of hydrogen-bond donors (Lipinski definition) is 2. The molecule has 3 rings (SSSR count). The van der Waals surface area contributed by atoms with Crippen molar-refractivity contribution < 1.29 is 0 Å². The van der Waals surface area contributed by atoms with E-state index in [1.165, 1.54) is 12.8 Å². The van der Waals surface area contributed by atoms with Crippen LogP contribution in [0.5, 0.6) is 0 Å². The van der Waals surface area contributed by atoms with Crippen LogP contribution in [0, 0.1) is 0 Å². The van der Waals surface area contributed by atoms with E-state index in [1.54, 1.807) is 10.6 Å². The zero-order chi connectivity index (χ0) is 13.2. The molecule has 1 aliphatic rings. The van der Waals surface area contributed by atoms with Crippen molar-refractivity contribution in [3.63, 3.8) is 0 Å². The molecule has 1 saturated carbocycles. The van der Waals surface area contributed by atoms with Crippen molar-refractivity contribution >= 4 is 16.6 Å². The van der Waals surface area contributed by atoms with Gasteiger partial charge < -0.3 is 15.2 Å². The molecule has 2 aromatic rings. The van der Waals surface area contributed by atoms with E-state index >= 15 is 0 Å². The molecule has 0 atom stereocenters. The number of nitrogens with zero attached hydrogens (tertiary/aromatic N) is 1. The Bertz CT molecular complexity index is 643. The van der Waals surface area contributed by atoms with E-state index in [4.69, 9.17) is 0 Å². The molecule has 2 N–H and O–H groups in total. The lowest BCUT2D eigenvalue weighted by Crippen LogP contribution is -2.25. The van der Waals surface area contributed by atoms with Gasteiger partial charge in [0.25, 0.3) is 5.56 Å². The summed E-state index contributed by atoms with van der Waals surface area (Å²) in [4.78, 5) is 11.9. The molecule has 0 aliphatic heterocycles. The second kappa shape index (κ2) is 5.05. The van der Waals surface area contributed by atoms with Crippen LogP contribution in [-0.2, 0) is 7.05 Å². The SMILES string of the molecule is Cn1c(=O)cc(NCCNC2CC2)c2ccccc21. The van der Waals surface area contributed by atoms with E-state index < -0.39 is 0 Å². The molecule has 1 aliphatic carbocycles. The molecule has 4 heteroatoms. The van der Waals surface area contributed by atoms with E-state index in [-0.39, 0.29) is 5.56 Å². The Morgan fingerprint density at radius 3 is 2.84 bits per heavy atom. The Kier molecular flexibility index (Phi) is 3.25. The highest BCUT2D eigenvalue weighted by molar-refractivity contribution is 5.91. The number of para-hydroxylation sites is 1. The third-order valence-corrected chi connectivity index (χ3v) is 3.60. The Morgan fingerprint density at radius 1 is 1.26 bits per heavy atom. The van der Waals surface area contributed by atoms with Crippen molar-refractivity contribution in [2.75, 3.05) is 18.4 Å². The van der Waals surface area contributed by atoms with E-state index in [0.717, 1.165) is 35.7 Å². The van der Waals surface area contributed by atoms with Crippen LogP contribution in [0.2, 0.25) is 0 Å². The molecular weight excluding hydrogens is 238 g/mol. The number of nitrogens with one attached hydrogen (secondary N) is 2. The maximum Gasteiger partial charge on any atom is 0.252 e. The van der Waals surface area contributed by atoms with E-state index in [0.29, 0.717) is 0 Å². The van der Waals surface area contributed by atoms with Crippen LogP contribution in [0.1, 0.15) is 12.8 Å². The summed E-state index contributed by atoms with van der Waals surface area (Å²) in [7, 11) is 1.81. The van der Waals surface area contributed by atoms with Crippen LogP contribution in [0.15, 0.2) is 35.1 Å². The van der Waals surface area contributed by atoms with Crippen LogP contribution in [0.4, 0.5) is 5.69 Å². The molecule has 1 heterocycles. The van der Waals surface area contributed by atoms with Gasteiger partial charge in [-0.1, -0.05) is 18.2 Å². The van der Waals surface area contributed by atoms with Gasteiger partial charge in [-0.15, -0.1) is 0 Å². The summed E-state index contributed by atoms with van der Waals surface area (Å²) in [6, 6.07) is 10.4. The number of pyridine rings is 1. The second-order valence-electron chi connectivity index (χ2n) is 5.13. The third-order valence-electron chi connectivity index (χ3n) is 3.60. The number of anilines is 1. The van der Waals surface area contributed by atoms with Gasteiger partial charge in [-0.2, -0.15) is 0 Å². The molecule has 0 radical (unpaired) electrons. The Morgan fingerprint density at radius 2 is 2.05 bits per heavy atom. The Labute approximate surface area is 112 Å². The van der Waals surface area contributed by atoms with E-state index in [1.807, 2.05) is 31.3 Å². The Hall–Kier alpha value is -1.81. The van der Waals surface area contributed by atoms with Crippen molar-refractivity contribution in [2.45, 2.75) is 18.9 Å². The molecule has 1 fully saturated rings. The van der Waals surface area contributed by atoms with Crippen molar-refractivity contribution in [3.05, 3.63) is 40.7 Å². The minimum atomic E-state index is 0.0244. The predicted octanol–water partition coefficient (Wildman–Crippen LogP) is 1.70. The van der Waals surface area contributed by atoms with Gasteiger partial charge in [0, 0.05) is 43.3 Å². The van der Waals surface area contributed by atoms with E-state index in [2.05, 4.69) is 10.6 Å². The van der Waals surface area contributed by atoms with Crippen molar-refractivity contribution in [2.24, 2.45) is 7.05 Å². The normalized spacial score (nSPS) is 14.8. The maximum absolute atomic E-state index is 11.9. The average Bonchev–Trinajstić information content (AvgIpc) is 3.24. The topological polar surface area (TPSA) is 46.1 Å². The van der Waals surface area contributed by atoms with Gasteiger partial charge >= 0.3 is 0 Å². The molecule has 0 unspecified atom stereocenters. The highest BCUT2D eigenvalue weighted by Gasteiger charge is 2.19. The zero-order valence-corrected chi connectivity index (χ0v) is 11.1.